The lowest BCUT2D eigenvalue weighted by molar-refractivity contribution is -0.142. The average molecular weight is 477 g/mol. The molecule has 0 saturated heterocycles. The molecule has 0 bridgehead atoms. The highest BCUT2D eigenvalue weighted by Gasteiger charge is 2.33. The first-order valence-electron chi connectivity index (χ1n) is 11.4. The third-order valence-corrected chi connectivity index (χ3v) is 6.02. The number of fused-ring (bicyclic) bond motifs is 3. The van der Waals surface area contributed by atoms with E-state index >= 15 is 0 Å². The molecule has 0 fully saturated rings. The van der Waals surface area contributed by atoms with Crippen LogP contribution in [-0.2, 0) is 16.1 Å². The van der Waals surface area contributed by atoms with Crippen molar-refractivity contribution < 1.29 is 28.6 Å². The van der Waals surface area contributed by atoms with E-state index in [-0.39, 0.29) is 24.8 Å². The Balaban J connectivity index is 1.32. The van der Waals surface area contributed by atoms with Gasteiger partial charge in [0, 0.05) is 5.92 Å². The summed E-state index contributed by atoms with van der Waals surface area (Å²) in [6, 6.07) is 18.1. The van der Waals surface area contributed by atoms with Gasteiger partial charge in [-0.15, -0.1) is 0 Å². The quantitative estimate of drug-likeness (QED) is 0.461. The summed E-state index contributed by atoms with van der Waals surface area (Å²) in [6.07, 6.45) is -0.604. The minimum absolute atomic E-state index is 0.0194. The predicted molar refractivity (Wildman–Crippen MR) is 129 cm³/mol. The van der Waals surface area contributed by atoms with Crippen molar-refractivity contribution in [2.45, 2.75) is 39.3 Å². The maximum absolute atomic E-state index is 12.4. The molecular weight excluding hydrogens is 448 g/mol. The van der Waals surface area contributed by atoms with Crippen LogP contribution in [0.3, 0.4) is 0 Å². The third kappa shape index (κ3) is 5.21. The lowest BCUT2D eigenvalue weighted by Gasteiger charge is -2.27. The minimum atomic E-state index is -1.13. The standard InChI is InChI=1S/C27H28N2O6/c1-27(2,3)23(25(31)32)29-24(30)22-13-12-16(35-22)14-28-26(33)34-15-21-19-10-6-4-8-17(19)18-9-5-7-11-20(18)21/h4-13,21,23H,14-15H2,1-3H3,(H,28,33)(H,29,30)(H,31,32). The molecule has 0 saturated carbocycles. The number of benzene rings is 2. The molecule has 1 aromatic heterocycles. The van der Waals surface area contributed by atoms with Crippen molar-refractivity contribution in [3.8, 4) is 11.1 Å². The number of amides is 2. The summed E-state index contributed by atoms with van der Waals surface area (Å²) in [4.78, 5) is 36.3. The molecule has 1 aliphatic rings. The molecule has 3 N–H and O–H groups in total. The maximum atomic E-state index is 12.4. The van der Waals surface area contributed by atoms with Gasteiger partial charge in [0.25, 0.3) is 5.91 Å². The molecule has 1 heterocycles. The molecular formula is C27H28N2O6. The van der Waals surface area contributed by atoms with Gasteiger partial charge in [-0.05, 0) is 39.8 Å². The summed E-state index contributed by atoms with van der Waals surface area (Å²) in [7, 11) is 0. The van der Waals surface area contributed by atoms with E-state index in [4.69, 9.17) is 9.15 Å². The van der Waals surface area contributed by atoms with Gasteiger partial charge in [-0.25, -0.2) is 9.59 Å². The molecule has 8 heteroatoms. The number of rotatable bonds is 7. The number of carbonyl (C=O) groups is 3. The second kappa shape index (κ2) is 9.66. The van der Waals surface area contributed by atoms with E-state index in [1.54, 1.807) is 26.8 Å². The van der Waals surface area contributed by atoms with Crippen LogP contribution in [0.5, 0.6) is 0 Å². The van der Waals surface area contributed by atoms with Gasteiger partial charge in [0.2, 0.25) is 0 Å². The lowest BCUT2D eigenvalue weighted by atomic mass is 9.87. The molecule has 3 aromatic rings. The fraction of sp³-hybridized carbons (Fsp3) is 0.296. The van der Waals surface area contributed by atoms with Crippen molar-refractivity contribution in [3.05, 3.63) is 83.3 Å². The predicted octanol–water partition coefficient (Wildman–Crippen LogP) is 4.55. The molecule has 2 aromatic carbocycles. The van der Waals surface area contributed by atoms with Crippen molar-refractivity contribution >= 4 is 18.0 Å². The summed E-state index contributed by atoms with van der Waals surface area (Å²) in [5.41, 5.74) is 3.86. The van der Waals surface area contributed by atoms with Crippen molar-refractivity contribution in [3.63, 3.8) is 0 Å². The number of hydrogen-bond acceptors (Lipinski definition) is 5. The number of carboxylic acid groups (broad SMARTS) is 1. The average Bonchev–Trinajstić information content (AvgIpc) is 3.42. The highest BCUT2D eigenvalue weighted by atomic mass is 16.5. The summed E-state index contributed by atoms with van der Waals surface area (Å²) in [6.45, 7) is 5.37. The number of carbonyl (C=O) groups excluding carboxylic acids is 2. The smallest absolute Gasteiger partial charge is 0.407 e. The third-order valence-electron chi connectivity index (χ3n) is 6.02. The number of furan rings is 1. The van der Waals surface area contributed by atoms with E-state index in [1.807, 2.05) is 36.4 Å². The van der Waals surface area contributed by atoms with Crippen LogP contribution >= 0.6 is 0 Å². The molecule has 0 spiro atoms. The van der Waals surface area contributed by atoms with Crippen LogP contribution in [-0.4, -0.2) is 35.7 Å². The first-order valence-corrected chi connectivity index (χ1v) is 11.4. The molecule has 8 nitrogen and oxygen atoms in total. The summed E-state index contributed by atoms with van der Waals surface area (Å²) < 4.78 is 11.0. The topological polar surface area (TPSA) is 118 Å². The molecule has 2 amide bonds. The Labute approximate surface area is 203 Å². The number of nitrogens with one attached hydrogen (secondary N) is 2. The van der Waals surface area contributed by atoms with Gasteiger partial charge < -0.3 is 24.9 Å². The van der Waals surface area contributed by atoms with Crippen LogP contribution in [0.2, 0.25) is 0 Å². The SMILES string of the molecule is CC(C)(C)C(NC(=O)c1ccc(CNC(=O)OCC2c3ccccc3-c3ccccc32)o1)C(=O)O. The zero-order valence-corrected chi connectivity index (χ0v) is 19.8. The number of aliphatic carboxylic acids is 1. The Bertz CT molecular complexity index is 1210. The number of hydrogen-bond donors (Lipinski definition) is 3. The Kier molecular flexibility index (Phi) is 6.64. The summed E-state index contributed by atoms with van der Waals surface area (Å²) in [5, 5.41) is 14.5. The molecule has 0 radical (unpaired) electrons. The van der Waals surface area contributed by atoms with E-state index in [0.717, 1.165) is 22.3 Å². The second-order valence-electron chi connectivity index (χ2n) is 9.56. The maximum Gasteiger partial charge on any atom is 0.407 e. The van der Waals surface area contributed by atoms with E-state index < -0.39 is 29.4 Å². The van der Waals surface area contributed by atoms with Crippen molar-refractivity contribution in [1.82, 2.24) is 10.6 Å². The highest BCUT2D eigenvalue weighted by molar-refractivity contribution is 5.94. The molecule has 35 heavy (non-hydrogen) atoms. The van der Waals surface area contributed by atoms with Crippen LogP contribution in [0.25, 0.3) is 11.1 Å². The number of ether oxygens (including phenoxy) is 1. The zero-order valence-electron chi connectivity index (χ0n) is 19.8. The molecule has 0 aliphatic heterocycles. The van der Waals surface area contributed by atoms with Gasteiger partial charge in [-0.3, -0.25) is 4.79 Å². The summed E-state index contributed by atoms with van der Waals surface area (Å²) >= 11 is 0. The number of alkyl carbamates (subject to hydrolysis) is 1. The largest absolute Gasteiger partial charge is 0.480 e. The molecule has 1 aliphatic carbocycles. The Morgan fingerprint density at radius 3 is 2.14 bits per heavy atom. The van der Waals surface area contributed by atoms with E-state index in [0.29, 0.717) is 5.76 Å². The molecule has 4 rings (SSSR count). The van der Waals surface area contributed by atoms with Gasteiger partial charge in [0.1, 0.15) is 18.4 Å². The Morgan fingerprint density at radius 2 is 1.57 bits per heavy atom. The van der Waals surface area contributed by atoms with Crippen molar-refractivity contribution in [1.29, 1.82) is 0 Å². The molecule has 182 valence electrons. The van der Waals surface area contributed by atoms with Crippen LogP contribution in [0.1, 0.15) is 54.1 Å². The highest BCUT2D eigenvalue weighted by Crippen LogP contribution is 2.44. The van der Waals surface area contributed by atoms with Gasteiger partial charge in [-0.2, -0.15) is 0 Å². The lowest BCUT2D eigenvalue weighted by Crippen LogP contribution is -2.49. The van der Waals surface area contributed by atoms with Crippen molar-refractivity contribution in [2.24, 2.45) is 5.41 Å². The molecule has 1 atom stereocenters. The zero-order chi connectivity index (χ0) is 25.2. The fourth-order valence-electron chi connectivity index (χ4n) is 4.25. The summed E-state index contributed by atoms with van der Waals surface area (Å²) in [5.74, 6) is -1.51. The Hall–Kier alpha value is -4.07. The number of carboxylic acids is 1. The fourth-order valence-corrected chi connectivity index (χ4v) is 4.25. The van der Waals surface area contributed by atoms with Crippen LogP contribution in [0.15, 0.2) is 65.1 Å². The van der Waals surface area contributed by atoms with Crippen molar-refractivity contribution in [2.75, 3.05) is 6.61 Å². The molecule has 1 unspecified atom stereocenters. The van der Waals surface area contributed by atoms with Gasteiger partial charge >= 0.3 is 12.1 Å². The van der Waals surface area contributed by atoms with Crippen LogP contribution in [0, 0.1) is 5.41 Å². The van der Waals surface area contributed by atoms with E-state index in [2.05, 4.69) is 22.8 Å². The minimum Gasteiger partial charge on any atom is -0.480 e. The Morgan fingerprint density at radius 1 is 0.971 bits per heavy atom. The van der Waals surface area contributed by atoms with E-state index in [9.17, 15) is 19.5 Å². The van der Waals surface area contributed by atoms with E-state index in [1.165, 1.54) is 6.07 Å². The second-order valence-corrected chi connectivity index (χ2v) is 9.56. The van der Waals surface area contributed by atoms with Gasteiger partial charge in [0.15, 0.2) is 5.76 Å². The van der Waals surface area contributed by atoms with Crippen LogP contribution < -0.4 is 10.6 Å². The van der Waals surface area contributed by atoms with Gasteiger partial charge in [0.05, 0.1) is 6.54 Å². The van der Waals surface area contributed by atoms with Gasteiger partial charge in [-0.1, -0.05) is 69.3 Å². The monoisotopic (exact) mass is 476 g/mol. The van der Waals surface area contributed by atoms with Crippen LogP contribution in [0.4, 0.5) is 4.79 Å². The normalized spacial score (nSPS) is 13.5. The first kappa shape index (κ1) is 24.1. The first-order chi connectivity index (χ1) is 16.6.